The van der Waals surface area contributed by atoms with Crippen molar-refractivity contribution in [3.05, 3.63) is 51.7 Å². The van der Waals surface area contributed by atoms with Crippen LogP contribution in [-0.2, 0) is 23.1 Å². The highest BCUT2D eigenvalue weighted by atomic mass is 32.2. The second-order valence-corrected chi connectivity index (χ2v) is 6.71. The van der Waals surface area contributed by atoms with Crippen LogP contribution in [0.2, 0.25) is 0 Å². The maximum atomic E-state index is 13.4. The van der Waals surface area contributed by atoms with Gasteiger partial charge in [0, 0.05) is 23.5 Å². The highest BCUT2D eigenvalue weighted by molar-refractivity contribution is 7.89. The molecule has 20 heavy (non-hydrogen) atoms. The Morgan fingerprint density at radius 2 is 2.00 bits per heavy atom. The van der Waals surface area contributed by atoms with E-state index in [0.717, 1.165) is 18.2 Å². The maximum Gasteiger partial charge on any atom is 0.242 e. The van der Waals surface area contributed by atoms with Gasteiger partial charge in [0.25, 0.3) is 0 Å². The van der Waals surface area contributed by atoms with Gasteiger partial charge in [0.1, 0.15) is 11.6 Å². The molecular formula is C12H12F2N2O2S2. The molecular weight excluding hydrogens is 306 g/mol. The number of sulfonamides is 1. The van der Waals surface area contributed by atoms with E-state index in [4.69, 9.17) is 5.73 Å². The molecule has 0 aliphatic rings. The molecule has 1 heterocycles. The Morgan fingerprint density at radius 3 is 2.70 bits per heavy atom. The lowest BCUT2D eigenvalue weighted by Crippen LogP contribution is -2.24. The van der Waals surface area contributed by atoms with E-state index in [1.54, 1.807) is 5.38 Å². The zero-order valence-corrected chi connectivity index (χ0v) is 11.9. The molecule has 0 saturated carbocycles. The van der Waals surface area contributed by atoms with Gasteiger partial charge < -0.3 is 5.73 Å². The Hall–Kier alpha value is -1.35. The number of rotatable bonds is 5. The summed E-state index contributed by atoms with van der Waals surface area (Å²) in [6.07, 6.45) is 0. The molecule has 0 unspecified atom stereocenters. The molecule has 4 nitrogen and oxygen atoms in total. The van der Waals surface area contributed by atoms with E-state index in [9.17, 15) is 17.2 Å². The zero-order chi connectivity index (χ0) is 14.8. The Bertz CT molecular complexity index is 714. The van der Waals surface area contributed by atoms with Crippen molar-refractivity contribution in [2.75, 3.05) is 0 Å². The fourth-order valence-corrected chi connectivity index (χ4v) is 3.99. The first-order valence-electron chi connectivity index (χ1n) is 5.64. The Kier molecular flexibility index (Phi) is 4.48. The summed E-state index contributed by atoms with van der Waals surface area (Å²) in [5.41, 5.74) is 5.39. The van der Waals surface area contributed by atoms with Gasteiger partial charge >= 0.3 is 0 Å². The summed E-state index contributed by atoms with van der Waals surface area (Å²) in [6, 6.07) is 4.31. The summed E-state index contributed by atoms with van der Waals surface area (Å²) in [5, 5.41) is 1.61. The molecule has 1 aromatic heterocycles. The molecule has 0 radical (unpaired) electrons. The highest BCUT2D eigenvalue weighted by Gasteiger charge is 2.19. The minimum atomic E-state index is -3.80. The molecule has 0 spiro atoms. The Morgan fingerprint density at radius 1 is 1.25 bits per heavy atom. The van der Waals surface area contributed by atoms with Gasteiger partial charge in [-0.25, -0.2) is 21.9 Å². The van der Waals surface area contributed by atoms with Crippen molar-refractivity contribution in [2.45, 2.75) is 18.0 Å². The second-order valence-electron chi connectivity index (χ2n) is 3.97. The summed E-state index contributed by atoms with van der Waals surface area (Å²) < 4.78 is 52.8. The summed E-state index contributed by atoms with van der Waals surface area (Å²) >= 11 is 1.23. The van der Waals surface area contributed by atoms with Crippen molar-refractivity contribution in [3.8, 4) is 0 Å². The van der Waals surface area contributed by atoms with Crippen molar-refractivity contribution < 1.29 is 17.2 Å². The molecule has 0 saturated heterocycles. The molecule has 2 rings (SSSR count). The Balaban J connectivity index is 2.20. The first kappa shape index (κ1) is 15.0. The predicted molar refractivity (Wildman–Crippen MR) is 72.6 cm³/mol. The fraction of sp³-hybridized carbons (Fsp3) is 0.167. The summed E-state index contributed by atoms with van der Waals surface area (Å²) in [5.74, 6) is -1.29. The van der Waals surface area contributed by atoms with E-state index < -0.39 is 21.7 Å². The third-order valence-corrected chi connectivity index (χ3v) is 5.20. The first-order valence-corrected chi connectivity index (χ1v) is 8.00. The molecule has 0 bridgehead atoms. The van der Waals surface area contributed by atoms with Crippen molar-refractivity contribution >= 4 is 21.4 Å². The molecule has 2 aromatic rings. The molecule has 0 amide bonds. The standard InChI is InChI=1S/C12H12F2N2O2S2/c13-9-1-2-10(14)8(5-9)7-16-20(17,18)12-3-4-19-11(12)6-15/h1-5,16H,6-7,15H2. The zero-order valence-electron chi connectivity index (χ0n) is 10.3. The number of benzene rings is 1. The lowest BCUT2D eigenvalue weighted by molar-refractivity contribution is 0.566. The predicted octanol–water partition coefficient (Wildman–Crippen LogP) is 1.96. The van der Waals surface area contributed by atoms with Gasteiger partial charge in [0.15, 0.2) is 0 Å². The van der Waals surface area contributed by atoms with Crippen LogP contribution in [0.15, 0.2) is 34.5 Å². The molecule has 1 aromatic carbocycles. The van der Waals surface area contributed by atoms with Gasteiger partial charge in [-0.05, 0) is 29.6 Å². The van der Waals surface area contributed by atoms with Crippen LogP contribution in [0.4, 0.5) is 8.78 Å². The number of halogens is 2. The van der Waals surface area contributed by atoms with Crippen LogP contribution in [0.3, 0.4) is 0 Å². The van der Waals surface area contributed by atoms with Gasteiger partial charge in [-0.15, -0.1) is 11.3 Å². The monoisotopic (exact) mass is 318 g/mol. The molecule has 3 N–H and O–H groups in total. The van der Waals surface area contributed by atoms with Crippen LogP contribution >= 0.6 is 11.3 Å². The molecule has 8 heteroatoms. The van der Waals surface area contributed by atoms with E-state index in [-0.39, 0.29) is 23.5 Å². The number of nitrogens with one attached hydrogen (secondary N) is 1. The summed E-state index contributed by atoms with van der Waals surface area (Å²) in [4.78, 5) is 0.582. The Labute approximate surface area is 119 Å². The lowest BCUT2D eigenvalue weighted by atomic mass is 10.2. The first-order chi connectivity index (χ1) is 9.44. The van der Waals surface area contributed by atoms with Gasteiger partial charge in [-0.1, -0.05) is 0 Å². The van der Waals surface area contributed by atoms with Crippen LogP contribution in [-0.4, -0.2) is 8.42 Å². The van der Waals surface area contributed by atoms with E-state index in [2.05, 4.69) is 4.72 Å². The fourth-order valence-electron chi connectivity index (χ4n) is 1.65. The van der Waals surface area contributed by atoms with Crippen molar-refractivity contribution in [2.24, 2.45) is 5.73 Å². The van der Waals surface area contributed by atoms with E-state index in [1.165, 1.54) is 17.4 Å². The van der Waals surface area contributed by atoms with Crippen LogP contribution in [0.1, 0.15) is 10.4 Å². The maximum absolute atomic E-state index is 13.4. The summed E-state index contributed by atoms with van der Waals surface area (Å²) in [6.45, 7) is -0.228. The van der Waals surface area contributed by atoms with Crippen LogP contribution in [0.5, 0.6) is 0 Å². The number of nitrogens with two attached hydrogens (primary N) is 1. The number of hydrogen-bond acceptors (Lipinski definition) is 4. The SMILES string of the molecule is NCc1sccc1S(=O)(=O)NCc1cc(F)ccc1F. The average molecular weight is 318 g/mol. The minimum absolute atomic E-state index is 0.0573. The summed E-state index contributed by atoms with van der Waals surface area (Å²) in [7, 11) is -3.80. The second kappa shape index (κ2) is 5.96. The van der Waals surface area contributed by atoms with Crippen molar-refractivity contribution in [1.82, 2.24) is 4.72 Å². The number of thiophene rings is 1. The van der Waals surface area contributed by atoms with Crippen LogP contribution in [0, 0.1) is 11.6 Å². The quantitative estimate of drug-likeness (QED) is 0.885. The molecule has 0 aliphatic carbocycles. The average Bonchev–Trinajstić information content (AvgIpc) is 2.89. The van der Waals surface area contributed by atoms with Gasteiger partial charge in [0.2, 0.25) is 10.0 Å². The van der Waals surface area contributed by atoms with Crippen molar-refractivity contribution in [3.63, 3.8) is 0 Å². The topological polar surface area (TPSA) is 72.2 Å². The number of hydrogen-bond donors (Lipinski definition) is 2. The molecule has 108 valence electrons. The van der Waals surface area contributed by atoms with Crippen LogP contribution < -0.4 is 10.5 Å². The minimum Gasteiger partial charge on any atom is -0.326 e. The third kappa shape index (κ3) is 3.21. The lowest BCUT2D eigenvalue weighted by Gasteiger charge is -2.08. The smallest absolute Gasteiger partial charge is 0.242 e. The molecule has 0 fully saturated rings. The van der Waals surface area contributed by atoms with Gasteiger partial charge in [0.05, 0.1) is 4.90 Å². The van der Waals surface area contributed by atoms with Crippen molar-refractivity contribution in [1.29, 1.82) is 0 Å². The third-order valence-electron chi connectivity index (χ3n) is 2.64. The molecule has 0 aliphatic heterocycles. The van der Waals surface area contributed by atoms with Crippen LogP contribution in [0.25, 0.3) is 0 Å². The normalized spacial score (nSPS) is 11.8. The van der Waals surface area contributed by atoms with Gasteiger partial charge in [-0.3, -0.25) is 0 Å². The largest absolute Gasteiger partial charge is 0.326 e. The van der Waals surface area contributed by atoms with E-state index >= 15 is 0 Å². The highest BCUT2D eigenvalue weighted by Crippen LogP contribution is 2.21. The molecule has 0 atom stereocenters. The van der Waals surface area contributed by atoms with E-state index in [1.807, 2.05) is 0 Å². The van der Waals surface area contributed by atoms with E-state index in [0.29, 0.717) is 4.88 Å². The van der Waals surface area contributed by atoms with Gasteiger partial charge in [-0.2, -0.15) is 0 Å².